The van der Waals surface area contributed by atoms with Gasteiger partial charge in [0.25, 0.3) is 0 Å². The number of aliphatic hydroxyl groups excluding tert-OH is 5. The Labute approximate surface area is 194 Å². The zero-order valence-corrected chi connectivity index (χ0v) is 19.0. The van der Waals surface area contributed by atoms with E-state index in [-0.39, 0.29) is 6.61 Å². The Kier molecular flexibility index (Phi) is 7.14. The van der Waals surface area contributed by atoms with Gasteiger partial charge >= 0.3 is 0 Å². The molecule has 2 heterocycles. The largest absolute Gasteiger partial charge is 0.396 e. The molecule has 0 bridgehead atoms. The first-order chi connectivity index (χ1) is 15.3. The van der Waals surface area contributed by atoms with E-state index in [1.807, 2.05) is 43.5 Å². The van der Waals surface area contributed by atoms with Crippen LogP contribution < -0.4 is 0 Å². The second kappa shape index (κ2) is 9.70. The van der Waals surface area contributed by atoms with Crippen LogP contribution in [0.1, 0.15) is 17.4 Å². The predicted octanol–water partition coefficient (Wildman–Crippen LogP) is 2.26. The number of aromatic nitrogens is 1. The smallest absolute Gasteiger partial charge is 0.163 e. The fourth-order valence-electron chi connectivity index (χ4n) is 4.06. The van der Waals surface area contributed by atoms with Crippen molar-refractivity contribution in [3.8, 4) is 0 Å². The summed E-state index contributed by atoms with van der Waals surface area (Å²) in [4.78, 5) is 1.87. The van der Waals surface area contributed by atoms with Crippen molar-refractivity contribution in [1.29, 1.82) is 0 Å². The lowest BCUT2D eigenvalue weighted by molar-refractivity contribution is -0.250. The molecular formula is C23H26ClNO6S. The number of halogens is 1. The SMILES string of the molecule is Cc1ccc(Cl)c2c1c(Sc1ccc(CCO)cc1)cn2[C@@H]1O[C@H](CO)[C@@H](O)[C@H](O)[C@H]1O. The summed E-state index contributed by atoms with van der Waals surface area (Å²) in [6.07, 6.45) is -4.00. The van der Waals surface area contributed by atoms with Crippen LogP contribution in [-0.2, 0) is 11.2 Å². The van der Waals surface area contributed by atoms with Crippen molar-refractivity contribution in [2.75, 3.05) is 13.2 Å². The summed E-state index contributed by atoms with van der Waals surface area (Å²) in [6, 6.07) is 11.6. The average Bonchev–Trinajstić information content (AvgIpc) is 3.16. The van der Waals surface area contributed by atoms with Gasteiger partial charge in [-0.15, -0.1) is 0 Å². The quantitative estimate of drug-likeness (QED) is 0.368. The maximum absolute atomic E-state index is 10.7. The molecular weight excluding hydrogens is 454 g/mol. The summed E-state index contributed by atoms with van der Waals surface area (Å²) >= 11 is 8.08. The van der Waals surface area contributed by atoms with Crippen LogP contribution in [0.25, 0.3) is 10.9 Å². The topological polar surface area (TPSA) is 115 Å². The van der Waals surface area contributed by atoms with Gasteiger partial charge < -0.3 is 34.8 Å². The van der Waals surface area contributed by atoms with Gasteiger partial charge in [-0.2, -0.15) is 0 Å². The lowest BCUT2D eigenvalue weighted by Gasteiger charge is -2.40. The second-order valence-corrected chi connectivity index (χ2v) is 9.45. The summed E-state index contributed by atoms with van der Waals surface area (Å²) in [7, 11) is 0. The Morgan fingerprint density at radius 1 is 1.00 bits per heavy atom. The Hall–Kier alpha value is -1.62. The lowest BCUT2D eigenvalue weighted by atomic mass is 9.98. The van der Waals surface area contributed by atoms with Gasteiger partial charge in [-0.1, -0.05) is 41.6 Å². The van der Waals surface area contributed by atoms with E-state index in [9.17, 15) is 20.4 Å². The Morgan fingerprint density at radius 3 is 2.38 bits per heavy atom. The molecule has 0 radical (unpaired) electrons. The van der Waals surface area contributed by atoms with Crippen molar-refractivity contribution in [2.24, 2.45) is 0 Å². The van der Waals surface area contributed by atoms with Crippen LogP contribution in [0.3, 0.4) is 0 Å². The van der Waals surface area contributed by atoms with Crippen LogP contribution in [0.2, 0.25) is 5.02 Å². The molecule has 5 N–H and O–H groups in total. The molecule has 3 aromatic rings. The normalized spacial score (nSPS) is 26.0. The van der Waals surface area contributed by atoms with E-state index in [0.717, 1.165) is 26.3 Å². The number of benzene rings is 2. The molecule has 1 saturated heterocycles. The third-order valence-corrected chi connectivity index (χ3v) is 7.13. The molecule has 0 amide bonds. The van der Waals surface area contributed by atoms with Gasteiger partial charge in [0.2, 0.25) is 0 Å². The lowest BCUT2D eigenvalue weighted by Crippen LogP contribution is -2.56. The molecule has 1 fully saturated rings. The van der Waals surface area contributed by atoms with Gasteiger partial charge in [-0.3, -0.25) is 0 Å². The Bertz CT molecular complexity index is 1090. The van der Waals surface area contributed by atoms with Crippen molar-refractivity contribution in [1.82, 2.24) is 4.57 Å². The third kappa shape index (κ3) is 4.30. The number of aryl methyl sites for hydroxylation is 1. The number of aliphatic hydroxyl groups is 5. The first kappa shape index (κ1) is 23.5. The van der Waals surface area contributed by atoms with E-state index >= 15 is 0 Å². The Morgan fingerprint density at radius 2 is 1.72 bits per heavy atom. The average molecular weight is 480 g/mol. The highest BCUT2D eigenvalue weighted by atomic mass is 35.5. The molecule has 32 heavy (non-hydrogen) atoms. The van der Waals surface area contributed by atoms with Crippen LogP contribution in [0.4, 0.5) is 0 Å². The molecule has 9 heteroatoms. The van der Waals surface area contributed by atoms with E-state index in [0.29, 0.717) is 17.0 Å². The molecule has 7 nitrogen and oxygen atoms in total. The van der Waals surface area contributed by atoms with Gasteiger partial charge in [0, 0.05) is 28.0 Å². The summed E-state index contributed by atoms with van der Waals surface area (Å²) < 4.78 is 7.45. The highest BCUT2D eigenvalue weighted by molar-refractivity contribution is 7.99. The molecule has 5 atom stereocenters. The fourth-order valence-corrected chi connectivity index (χ4v) is 5.36. The molecule has 0 aliphatic carbocycles. The highest BCUT2D eigenvalue weighted by Gasteiger charge is 2.44. The molecule has 0 spiro atoms. The number of rotatable bonds is 6. The molecule has 0 unspecified atom stereocenters. The summed E-state index contributed by atoms with van der Waals surface area (Å²) in [5.41, 5.74) is 2.65. The molecule has 1 aliphatic heterocycles. The van der Waals surface area contributed by atoms with E-state index in [2.05, 4.69) is 0 Å². The van der Waals surface area contributed by atoms with Crippen molar-refractivity contribution in [3.63, 3.8) is 0 Å². The molecule has 1 aromatic heterocycles. The predicted molar refractivity (Wildman–Crippen MR) is 122 cm³/mol. The molecule has 0 saturated carbocycles. The van der Waals surface area contributed by atoms with Gasteiger partial charge in [0.05, 0.1) is 17.1 Å². The maximum Gasteiger partial charge on any atom is 0.163 e. The van der Waals surface area contributed by atoms with Crippen molar-refractivity contribution in [2.45, 2.75) is 53.8 Å². The van der Waals surface area contributed by atoms with Crippen molar-refractivity contribution in [3.05, 3.63) is 58.7 Å². The summed E-state index contributed by atoms with van der Waals surface area (Å²) in [5.74, 6) is 0. The first-order valence-corrected chi connectivity index (χ1v) is 11.5. The summed E-state index contributed by atoms with van der Waals surface area (Å²) in [6.45, 7) is 1.55. The van der Waals surface area contributed by atoms with Crippen LogP contribution in [0, 0.1) is 6.92 Å². The maximum atomic E-state index is 10.7. The minimum atomic E-state index is -1.48. The van der Waals surface area contributed by atoms with Crippen LogP contribution in [-0.4, -0.2) is 67.7 Å². The number of nitrogens with zero attached hydrogens (tertiary/aromatic N) is 1. The third-order valence-electron chi connectivity index (χ3n) is 5.79. The monoisotopic (exact) mass is 479 g/mol. The Balaban J connectivity index is 1.78. The minimum absolute atomic E-state index is 0.0940. The van der Waals surface area contributed by atoms with E-state index < -0.39 is 37.3 Å². The zero-order chi connectivity index (χ0) is 23.0. The number of hydrogen-bond acceptors (Lipinski definition) is 7. The van der Waals surface area contributed by atoms with Crippen LogP contribution in [0.5, 0.6) is 0 Å². The molecule has 1 aliphatic rings. The van der Waals surface area contributed by atoms with Crippen molar-refractivity contribution < 1.29 is 30.3 Å². The number of ether oxygens (including phenoxy) is 1. The molecule has 4 rings (SSSR count). The van der Waals surface area contributed by atoms with Crippen molar-refractivity contribution >= 4 is 34.3 Å². The van der Waals surface area contributed by atoms with E-state index in [1.165, 1.54) is 11.8 Å². The van der Waals surface area contributed by atoms with Gasteiger partial charge in [-0.25, -0.2) is 0 Å². The van der Waals surface area contributed by atoms with Gasteiger partial charge in [0.1, 0.15) is 24.4 Å². The second-order valence-electron chi connectivity index (χ2n) is 7.93. The first-order valence-electron chi connectivity index (χ1n) is 10.3. The summed E-state index contributed by atoms with van der Waals surface area (Å²) in [5, 5.41) is 51.1. The number of fused-ring (bicyclic) bond motifs is 1. The zero-order valence-electron chi connectivity index (χ0n) is 17.4. The molecule has 2 aromatic carbocycles. The standard InChI is InChI=1S/C23H26ClNO6S/c1-12-2-7-15(24)19-18(12)17(32-14-5-3-13(4-6-14)8-9-26)10-25(19)23-22(30)21(29)20(28)16(11-27)31-23/h2-7,10,16,20-23,26-30H,8-9,11H2,1H3/t16-,20-,21+,22-,23-/m1/s1. The minimum Gasteiger partial charge on any atom is -0.396 e. The van der Waals surface area contributed by atoms with Crippen LogP contribution in [0.15, 0.2) is 52.4 Å². The molecule has 172 valence electrons. The highest BCUT2D eigenvalue weighted by Crippen LogP contribution is 2.42. The van der Waals surface area contributed by atoms with E-state index in [4.69, 9.17) is 21.4 Å². The van der Waals surface area contributed by atoms with Gasteiger partial charge in [0.15, 0.2) is 6.23 Å². The van der Waals surface area contributed by atoms with E-state index in [1.54, 1.807) is 10.6 Å². The number of hydrogen-bond donors (Lipinski definition) is 5. The van der Waals surface area contributed by atoms with Crippen LogP contribution >= 0.6 is 23.4 Å². The fraction of sp³-hybridized carbons (Fsp3) is 0.391. The van der Waals surface area contributed by atoms with Gasteiger partial charge in [-0.05, 0) is 42.7 Å².